The standard InChI is InChI=1S/C18H21ClN4O.HI/c1-20-18(21-9-8-13-6-7-17(19)22-11-13)23-12-15-10-14-4-2-3-5-16(14)24-15;/h2-7,11,15H,8-10,12H2,1H3,(H2,20,21,23);1H. The molecule has 0 amide bonds. The highest BCUT2D eigenvalue weighted by Gasteiger charge is 2.22. The molecule has 1 aliphatic heterocycles. The molecule has 0 spiro atoms. The molecule has 1 atom stereocenters. The predicted molar refractivity (Wildman–Crippen MR) is 112 cm³/mol. The normalized spacial score (nSPS) is 15.8. The molecule has 2 N–H and O–H groups in total. The molecular formula is C18H22ClIN4O. The summed E-state index contributed by atoms with van der Waals surface area (Å²) >= 11 is 5.79. The van der Waals surface area contributed by atoms with Crippen molar-refractivity contribution in [3.8, 4) is 5.75 Å². The van der Waals surface area contributed by atoms with E-state index in [1.165, 1.54) is 5.56 Å². The number of para-hydroxylation sites is 1. The number of rotatable bonds is 5. The number of halogens is 2. The second-order valence-electron chi connectivity index (χ2n) is 5.67. The summed E-state index contributed by atoms with van der Waals surface area (Å²) in [5.41, 5.74) is 2.40. The highest BCUT2D eigenvalue weighted by atomic mass is 127. The van der Waals surface area contributed by atoms with Crippen LogP contribution in [0.5, 0.6) is 5.75 Å². The van der Waals surface area contributed by atoms with Gasteiger partial charge in [-0.3, -0.25) is 4.99 Å². The SMILES string of the molecule is CN=C(NCCc1ccc(Cl)nc1)NCC1Cc2ccccc2O1.I. The van der Waals surface area contributed by atoms with E-state index >= 15 is 0 Å². The van der Waals surface area contributed by atoms with Crippen LogP contribution in [0, 0.1) is 0 Å². The second kappa shape index (κ2) is 9.82. The lowest BCUT2D eigenvalue weighted by Crippen LogP contribution is -2.42. The molecule has 1 aliphatic rings. The molecule has 1 unspecified atom stereocenters. The van der Waals surface area contributed by atoms with E-state index in [4.69, 9.17) is 16.3 Å². The molecule has 3 rings (SSSR count). The van der Waals surface area contributed by atoms with Gasteiger partial charge in [0.1, 0.15) is 17.0 Å². The van der Waals surface area contributed by atoms with E-state index < -0.39 is 0 Å². The first kappa shape index (κ1) is 19.8. The van der Waals surface area contributed by atoms with E-state index in [2.05, 4.69) is 26.7 Å². The van der Waals surface area contributed by atoms with Crippen molar-refractivity contribution in [2.75, 3.05) is 20.1 Å². The van der Waals surface area contributed by atoms with Crippen LogP contribution >= 0.6 is 35.6 Å². The Morgan fingerprint density at radius 2 is 2.12 bits per heavy atom. The van der Waals surface area contributed by atoms with Crippen molar-refractivity contribution in [1.29, 1.82) is 0 Å². The monoisotopic (exact) mass is 472 g/mol. The maximum absolute atomic E-state index is 5.92. The molecule has 1 aromatic carbocycles. The lowest BCUT2D eigenvalue weighted by molar-refractivity contribution is 0.235. The van der Waals surface area contributed by atoms with E-state index in [0.29, 0.717) is 5.15 Å². The van der Waals surface area contributed by atoms with Gasteiger partial charge in [0.2, 0.25) is 0 Å². The number of hydrogen-bond donors (Lipinski definition) is 2. The lowest BCUT2D eigenvalue weighted by atomic mass is 10.1. The van der Waals surface area contributed by atoms with Gasteiger partial charge in [-0.2, -0.15) is 0 Å². The number of aromatic nitrogens is 1. The Morgan fingerprint density at radius 3 is 2.84 bits per heavy atom. The summed E-state index contributed by atoms with van der Waals surface area (Å²) in [4.78, 5) is 8.33. The number of benzene rings is 1. The minimum atomic E-state index is 0. The molecule has 134 valence electrons. The number of ether oxygens (including phenoxy) is 1. The van der Waals surface area contributed by atoms with Crippen molar-refractivity contribution in [3.63, 3.8) is 0 Å². The van der Waals surface area contributed by atoms with Crippen LogP contribution in [0.2, 0.25) is 5.15 Å². The van der Waals surface area contributed by atoms with Crippen LogP contribution in [0.4, 0.5) is 0 Å². The molecule has 2 heterocycles. The van der Waals surface area contributed by atoms with Gasteiger partial charge in [0.15, 0.2) is 5.96 Å². The first-order valence-corrected chi connectivity index (χ1v) is 8.42. The van der Waals surface area contributed by atoms with Crippen LogP contribution in [0.3, 0.4) is 0 Å². The van der Waals surface area contributed by atoms with E-state index in [1.54, 1.807) is 19.3 Å². The van der Waals surface area contributed by atoms with Crippen LogP contribution in [-0.4, -0.2) is 37.2 Å². The van der Waals surface area contributed by atoms with Crippen molar-refractivity contribution >= 4 is 41.5 Å². The van der Waals surface area contributed by atoms with Gasteiger partial charge in [0.05, 0.1) is 6.54 Å². The zero-order valence-corrected chi connectivity index (χ0v) is 17.1. The third-order valence-electron chi connectivity index (χ3n) is 3.93. The van der Waals surface area contributed by atoms with E-state index in [9.17, 15) is 0 Å². The van der Waals surface area contributed by atoms with Crippen LogP contribution in [0.15, 0.2) is 47.6 Å². The molecule has 0 saturated heterocycles. The maximum Gasteiger partial charge on any atom is 0.191 e. The highest BCUT2D eigenvalue weighted by molar-refractivity contribution is 14.0. The third kappa shape index (κ3) is 5.74. The summed E-state index contributed by atoms with van der Waals surface area (Å²) in [6.07, 6.45) is 3.72. The minimum absolute atomic E-state index is 0. The van der Waals surface area contributed by atoms with Gasteiger partial charge in [0.25, 0.3) is 0 Å². The van der Waals surface area contributed by atoms with E-state index in [0.717, 1.165) is 43.2 Å². The van der Waals surface area contributed by atoms with Crippen molar-refractivity contribution in [3.05, 3.63) is 58.9 Å². The van der Waals surface area contributed by atoms with Crippen molar-refractivity contribution in [2.24, 2.45) is 4.99 Å². The molecule has 5 nitrogen and oxygen atoms in total. The molecule has 25 heavy (non-hydrogen) atoms. The fraction of sp³-hybridized carbons (Fsp3) is 0.333. The predicted octanol–water partition coefficient (Wildman–Crippen LogP) is 3.06. The van der Waals surface area contributed by atoms with Crippen LogP contribution in [0.25, 0.3) is 0 Å². The number of guanidine groups is 1. The van der Waals surface area contributed by atoms with Crippen LogP contribution in [0.1, 0.15) is 11.1 Å². The fourth-order valence-corrected chi connectivity index (χ4v) is 2.79. The molecule has 0 fully saturated rings. The summed E-state index contributed by atoms with van der Waals surface area (Å²) in [7, 11) is 1.77. The van der Waals surface area contributed by atoms with Crippen molar-refractivity contribution in [1.82, 2.24) is 15.6 Å². The smallest absolute Gasteiger partial charge is 0.191 e. The van der Waals surface area contributed by atoms with Gasteiger partial charge in [0, 0.05) is 26.2 Å². The van der Waals surface area contributed by atoms with Gasteiger partial charge in [-0.1, -0.05) is 35.9 Å². The fourth-order valence-electron chi connectivity index (χ4n) is 2.68. The summed E-state index contributed by atoms with van der Waals surface area (Å²) < 4.78 is 5.92. The zero-order valence-electron chi connectivity index (χ0n) is 14.0. The van der Waals surface area contributed by atoms with Gasteiger partial charge in [-0.15, -0.1) is 24.0 Å². The van der Waals surface area contributed by atoms with Crippen molar-refractivity contribution < 1.29 is 4.74 Å². The largest absolute Gasteiger partial charge is 0.488 e. The Hall–Kier alpha value is -1.54. The van der Waals surface area contributed by atoms with Crippen LogP contribution in [-0.2, 0) is 12.8 Å². The summed E-state index contributed by atoms with van der Waals surface area (Å²) in [5, 5.41) is 7.13. The topological polar surface area (TPSA) is 58.5 Å². The second-order valence-corrected chi connectivity index (χ2v) is 6.06. The van der Waals surface area contributed by atoms with Crippen LogP contribution < -0.4 is 15.4 Å². The summed E-state index contributed by atoms with van der Waals surface area (Å²) in [6.45, 7) is 1.49. The first-order valence-electron chi connectivity index (χ1n) is 8.04. The molecule has 2 aromatic rings. The average molecular weight is 473 g/mol. The number of hydrogen-bond acceptors (Lipinski definition) is 3. The Labute approximate surface area is 170 Å². The molecule has 0 saturated carbocycles. The highest BCUT2D eigenvalue weighted by Crippen LogP contribution is 2.27. The van der Waals surface area contributed by atoms with E-state index in [-0.39, 0.29) is 30.1 Å². The number of pyridine rings is 1. The summed E-state index contributed by atoms with van der Waals surface area (Å²) in [5.74, 6) is 1.76. The van der Waals surface area contributed by atoms with Gasteiger partial charge < -0.3 is 15.4 Å². The van der Waals surface area contributed by atoms with Gasteiger partial charge in [-0.25, -0.2) is 4.98 Å². The zero-order chi connectivity index (χ0) is 16.8. The lowest BCUT2D eigenvalue weighted by Gasteiger charge is -2.15. The molecule has 0 radical (unpaired) electrons. The maximum atomic E-state index is 5.92. The number of nitrogens with zero attached hydrogens (tertiary/aromatic N) is 2. The molecule has 0 bridgehead atoms. The van der Waals surface area contributed by atoms with E-state index in [1.807, 2.05) is 24.3 Å². The average Bonchev–Trinajstić information content (AvgIpc) is 3.02. The third-order valence-corrected chi connectivity index (χ3v) is 4.15. The Bertz CT molecular complexity index is 683. The minimum Gasteiger partial charge on any atom is -0.488 e. The number of aliphatic imine (C=N–C) groups is 1. The molecule has 0 aliphatic carbocycles. The van der Waals surface area contributed by atoms with Gasteiger partial charge >= 0.3 is 0 Å². The van der Waals surface area contributed by atoms with Crippen molar-refractivity contribution in [2.45, 2.75) is 18.9 Å². The Kier molecular flexibility index (Phi) is 7.77. The quantitative estimate of drug-likeness (QED) is 0.304. The Morgan fingerprint density at radius 1 is 1.28 bits per heavy atom. The first-order chi connectivity index (χ1) is 11.7. The molecule has 1 aromatic heterocycles. The summed E-state index contributed by atoms with van der Waals surface area (Å²) in [6, 6.07) is 12.0. The van der Waals surface area contributed by atoms with Gasteiger partial charge in [-0.05, 0) is 29.7 Å². The molecular weight excluding hydrogens is 451 g/mol. The Balaban J connectivity index is 0.00000225. The number of fused-ring (bicyclic) bond motifs is 1. The number of nitrogens with one attached hydrogen (secondary N) is 2. The molecule has 7 heteroatoms.